The molecule has 45 heavy (non-hydrogen) atoms. The van der Waals surface area contributed by atoms with Gasteiger partial charge in [0.2, 0.25) is 0 Å². The molecule has 7 aromatic rings. The minimum absolute atomic E-state index is 0.0519. The van der Waals surface area contributed by atoms with Crippen molar-refractivity contribution in [1.29, 1.82) is 0 Å². The van der Waals surface area contributed by atoms with Crippen LogP contribution in [0, 0.1) is 0 Å². The van der Waals surface area contributed by atoms with E-state index in [1.54, 1.807) is 0 Å². The maximum atomic E-state index is 6.80. The Balaban J connectivity index is 1.40. The van der Waals surface area contributed by atoms with Crippen molar-refractivity contribution < 1.29 is 8.98 Å². The lowest BCUT2D eigenvalue weighted by Crippen LogP contribution is -2.34. The minimum atomic E-state index is 0.0519. The number of imidazole rings is 1. The maximum absolute atomic E-state index is 6.80. The third kappa shape index (κ3) is 3.85. The van der Waals surface area contributed by atoms with Gasteiger partial charge < -0.3 is 4.42 Å². The molecule has 4 heterocycles. The molecule has 2 unspecified atom stereocenters. The van der Waals surface area contributed by atoms with E-state index in [0.717, 1.165) is 80.7 Å². The number of nitrogens with zero attached hydrogens (tertiary/aromatic N) is 3. The summed E-state index contributed by atoms with van der Waals surface area (Å²) < 4.78 is 11.6. The van der Waals surface area contributed by atoms with Gasteiger partial charge in [-0.15, -0.1) is 0 Å². The number of aryl methyl sites for hydroxylation is 1. The number of aromatic nitrogens is 2. The normalized spacial score (nSPS) is 17.8. The zero-order valence-corrected chi connectivity index (χ0v) is 25.0. The van der Waals surface area contributed by atoms with Gasteiger partial charge in [-0.1, -0.05) is 98.1 Å². The Morgan fingerprint density at radius 3 is 2.49 bits per heavy atom. The Bertz CT molecular complexity index is 2350. The molecule has 5 aromatic carbocycles. The lowest BCUT2D eigenvalue weighted by atomic mass is 9.78. The molecular formula is C41H32N3O+. The quantitative estimate of drug-likeness (QED) is 0.187. The Labute approximate surface area is 261 Å². The Kier molecular flexibility index (Phi) is 5.79. The van der Waals surface area contributed by atoms with Crippen LogP contribution in [-0.4, -0.2) is 16.3 Å². The molecule has 216 valence electrons. The molecule has 2 aromatic heterocycles. The molecule has 0 saturated heterocycles. The summed E-state index contributed by atoms with van der Waals surface area (Å²) in [5.74, 6) is 1.32. The van der Waals surface area contributed by atoms with E-state index in [1.807, 2.05) is 12.1 Å². The molecule has 2 atom stereocenters. The highest BCUT2D eigenvalue weighted by Crippen LogP contribution is 2.44. The lowest BCUT2D eigenvalue weighted by Gasteiger charge is -2.32. The average molecular weight is 583 g/mol. The van der Waals surface area contributed by atoms with Crippen LogP contribution in [0.25, 0.3) is 55.7 Å². The van der Waals surface area contributed by atoms with Crippen LogP contribution in [-0.2, 0) is 6.42 Å². The average Bonchev–Trinajstić information content (AvgIpc) is 3.63. The van der Waals surface area contributed by atoms with Crippen LogP contribution in [0.4, 0.5) is 0 Å². The number of allylic oxidation sites excluding steroid dienone is 1. The van der Waals surface area contributed by atoms with Crippen molar-refractivity contribution in [2.45, 2.75) is 31.2 Å². The number of hydrogen-bond donors (Lipinski definition) is 0. The fourth-order valence-corrected chi connectivity index (χ4v) is 7.78. The highest BCUT2D eigenvalue weighted by atomic mass is 16.3. The van der Waals surface area contributed by atoms with Gasteiger partial charge in [-0.05, 0) is 60.4 Å². The molecule has 0 amide bonds. The zero-order valence-electron chi connectivity index (χ0n) is 25.0. The molecule has 0 fully saturated rings. The van der Waals surface area contributed by atoms with Crippen LogP contribution < -0.4 is 4.57 Å². The molecule has 0 bridgehead atoms. The first-order valence-corrected chi connectivity index (χ1v) is 15.7. The van der Waals surface area contributed by atoms with Crippen molar-refractivity contribution >= 4 is 44.4 Å². The molecule has 0 radical (unpaired) electrons. The molecule has 0 N–H and O–H groups in total. The number of fused-ring (bicyclic) bond motifs is 12. The van der Waals surface area contributed by atoms with E-state index < -0.39 is 0 Å². The monoisotopic (exact) mass is 582 g/mol. The first kappa shape index (κ1) is 26.0. The van der Waals surface area contributed by atoms with Gasteiger partial charge in [-0.3, -0.25) is 4.99 Å². The highest BCUT2D eigenvalue weighted by molar-refractivity contribution is 6.11. The number of benzene rings is 5. The SMILES string of the molecule is C=CC1=NC2CC(=C)n3c([n+](-c4ccccc4)c4ccccc43)-c3c(ccc4c3oc3ccccc34)CCC2c2ccccc21. The van der Waals surface area contributed by atoms with Crippen LogP contribution in [0.1, 0.15) is 35.4 Å². The zero-order chi connectivity index (χ0) is 30.1. The second-order valence-electron chi connectivity index (χ2n) is 12.2. The van der Waals surface area contributed by atoms with E-state index >= 15 is 0 Å². The Hall–Kier alpha value is -5.48. The van der Waals surface area contributed by atoms with Crippen molar-refractivity contribution in [3.8, 4) is 17.1 Å². The summed E-state index contributed by atoms with van der Waals surface area (Å²) in [6, 6.07) is 41.0. The van der Waals surface area contributed by atoms with Crippen LogP contribution in [0.2, 0.25) is 0 Å². The van der Waals surface area contributed by atoms with Gasteiger partial charge in [0.25, 0.3) is 0 Å². The van der Waals surface area contributed by atoms with Gasteiger partial charge in [-0.25, -0.2) is 0 Å². The topological polar surface area (TPSA) is 34.3 Å². The molecule has 0 saturated carbocycles. The second-order valence-corrected chi connectivity index (χ2v) is 12.2. The second kappa shape index (κ2) is 10.0. The Morgan fingerprint density at radius 1 is 0.822 bits per heavy atom. The van der Waals surface area contributed by atoms with Crippen LogP contribution >= 0.6 is 0 Å². The van der Waals surface area contributed by atoms with E-state index in [1.165, 1.54) is 16.7 Å². The van der Waals surface area contributed by atoms with Crippen LogP contribution in [0.5, 0.6) is 0 Å². The van der Waals surface area contributed by atoms with Crippen molar-refractivity contribution in [2.75, 3.05) is 0 Å². The summed E-state index contributed by atoms with van der Waals surface area (Å²) in [5.41, 5.74) is 12.1. The summed E-state index contributed by atoms with van der Waals surface area (Å²) in [6.07, 6.45) is 4.49. The number of furan rings is 1. The third-order valence-corrected chi connectivity index (χ3v) is 9.74. The van der Waals surface area contributed by atoms with Gasteiger partial charge >= 0.3 is 5.82 Å². The number of aliphatic imine (C=N–C) groups is 1. The van der Waals surface area contributed by atoms with Crippen molar-refractivity contribution in [1.82, 2.24) is 4.57 Å². The number of para-hydroxylation sites is 4. The summed E-state index contributed by atoms with van der Waals surface area (Å²) >= 11 is 0. The third-order valence-electron chi connectivity index (χ3n) is 9.74. The van der Waals surface area contributed by atoms with Crippen molar-refractivity contribution in [3.05, 3.63) is 151 Å². The number of hydrogen-bond acceptors (Lipinski definition) is 2. The molecule has 2 aliphatic rings. The molecule has 4 heteroatoms. The van der Waals surface area contributed by atoms with Crippen molar-refractivity contribution in [2.24, 2.45) is 4.99 Å². The molecular weight excluding hydrogens is 550 g/mol. The van der Waals surface area contributed by atoms with Gasteiger partial charge in [0, 0.05) is 28.7 Å². The summed E-state index contributed by atoms with van der Waals surface area (Å²) in [7, 11) is 0. The summed E-state index contributed by atoms with van der Waals surface area (Å²) in [5, 5.41) is 2.26. The van der Waals surface area contributed by atoms with Gasteiger partial charge in [0.05, 0.1) is 11.8 Å². The van der Waals surface area contributed by atoms with Crippen LogP contribution in [0.15, 0.2) is 144 Å². The first-order chi connectivity index (χ1) is 22.2. The fourth-order valence-electron chi connectivity index (χ4n) is 7.78. The van der Waals surface area contributed by atoms with E-state index in [0.29, 0.717) is 0 Å². The van der Waals surface area contributed by atoms with E-state index in [9.17, 15) is 0 Å². The fraction of sp³-hybridized carbons (Fsp3) is 0.122. The van der Waals surface area contributed by atoms with E-state index in [-0.39, 0.29) is 12.0 Å². The summed E-state index contributed by atoms with van der Waals surface area (Å²) in [4.78, 5) is 5.34. The van der Waals surface area contributed by atoms with Gasteiger partial charge in [0.1, 0.15) is 22.5 Å². The highest BCUT2D eigenvalue weighted by Gasteiger charge is 2.38. The largest absolute Gasteiger partial charge is 0.455 e. The predicted octanol–water partition coefficient (Wildman–Crippen LogP) is 9.43. The maximum Gasteiger partial charge on any atom is 0.304 e. The molecule has 9 rings (SSSR count). The van der Waals surface area contributed by atoms with Crippen LogP contribution in [0.3, 0.4) is 0 Å². The molecule has 2 aliphatic heterocycles. The van der Waals surface area contributed by atoms with Crippen molar-refractivity contribution in [3.63, 3.8) is 0 Å². The van der Waals surface area contributed by atoms with Gasteiger partial charge in [0.15, 0.2) is 16.6 Å². The van der Waals surface area contributed by atoms with E-state index in [4.69, 9.17) is 16.0 Å². The number of rotatable bonds is 2. The Morgan fingerprint density at radius 2 is 1.60 bits per heavy atom. The molecule has 0 aliphatic carbocycles. The van der Waals surface area contributed by atoms with Gasteiger partial charge in [-0.2, -0.15) is 9.13 Å². The minimum Gasteiger partial charge on any atom is -0.455 e. The van der Waals surface area contributed by atoms with E-state index in [2.05, 4.69) is 125 Å². The predicted molar refractivity (Wildman–Crippen MR) is 184 cm³/mol. The standard InChI is InChI=1S/C41H32N3O/c1-3-34-30-16-8-7-15-29(30)31-23-21-27-22-24-33-32-17-9-12-20-38(32)45-40(33)39(27)41-43(26(2)25-35(31)42-34)36-18-10-11-19-37(36)44(41)28-13-5-4-6-14-28/h3-20,22,24,31,35H,1-2,21,23,25H2/q+1. The lowest BCUT2D eigenvalue weighted by molar-refractivity contribution is -0.555. The molecule has 0 spiro atoms. The molecule has 4 nitrogen and oxygen atoms in total. The summed E-state index contributed by atoms with van der Waals surface area (Å²) in [6.45, 7) is 8.94. The smallest absolute Gasteiger partial charge is 0.304 e. The first-order valence-electron chi connectivity index (χ1n) is 15.7.